The van der Waals surface area contributed by atoms with Crippen LogP contribution in [0.2, 0.25) is 0 Å². The van der Waals surface area contributed by atoms with Gasteiger partial charge in [0.05, 0.1) is 12.7 Å². The monoisotopic (exact) mass is 373 g/mol. The minimum Gasteiger partial charge on any atom is -0.450 e. The summed E-state index contributed by atoms with van der Waals surface area (Å²) in [7, 11) is 0. The van der Waals surface area contributed by atoms with Crippen LogP contribution in [0.1, 0.15) is 80.9 Å². The average molecular weight is 374 g/mol. The van der Waals surface area contributed by atoms with Crippen LogP contribution in [0.3, 0.4) is 0 Å². The predicted octanol–water partition coefficient (Wildman–Crippen LogP) is 5.13. The molecule has 2 aliphatic rings. The number of alkyl carbamates (subject to hydrolysis) is 1. The van der Waals surface area contributed by atoms with Gasteiger partial charge in [-0.05, 0) is 55.2 Å². The molecular weight excluding hydrogens is 338 g/mol. The van der Waals surface area contributed by atoms with Crippen molar-refractivity contribution in [2.45, 2.75) is 83.2 Å². The third-order valence-corrected chi connectivity index (χ3v) is 5.91. The molecule has 1 aromatic carbocycles. The Hall–Kier alpha value is -1.55. The van der Waals surface area contributed by atoms with Crippen LogP contribution in [0.4, 0.5) is 4.79 Å². The Morgan fingerprint density at radius 3 is 2.93 bits per heavy atom. The van der Waals surface area contributed by atoms with Gasteiger partial charge in [0.2, 0.25) is 0 Å². The number of aryl methyl sites for hydroxylation is 1. The SMILES string of the molecule is CCCCCCCOC1CCc2cc([C@H]3CCCOC(=O)NC3)ccc2C1. The molecule has 0 saturated carbocycles. The maximum absolute atomic E-state index is 11.5. The zero-order valence-corrected chi connectivity index (χ0v) is 16.8. The molecule has 1 heterocycles. The number of ether oxygens (including phenoxy) is 2. The van der Waals surface area contributed by atoms with E-state index in [-0.39, 0.29) is 6.09 Å². The number of fused-ring (bicyclic) bond motifs is 1. The topological polar surface area (TPSA) is 47.6 Å². The average Bonchev–Trinajstić information content (AvgIpc) is 2.67. The highest BCUT2D eigenvalue weighted by atomic mass is 16.5. The number of carbonyl (C=O) groups excluding carboxylic acids is 1. The number of hydrogen-bond donors (Lipinski definition) is 1. The summed E-state index contributed by atoms with van der Waals surface area (Å²) in [5.74, 6) is 0.389. The molecule has 0 aromatic heterocycles. The van der Waals surface area contributed by atoms with Crippen LogP contribution in [0.5, 0.6) is 0 Å². The second-order valence-electron chi connectivity index (χ2n) is 8.03. The van der Waals surface area contributed by atoms with Crippen molar-refractivity contribution in [3.8, 4) is 0 Å². The first-order chi connectivity index (χ1) is 13.3. The quantitative estimate of drug-likeness (QED) is 0.642. The molecule has 1 N–H and O–H groups in total. The van der Waals surface area contributed by atoms with Gasteiger partial charge in [-0.3, -0.25) is 0 Å². The second kappa shape index (κ2) is 10.7. The standard InChI is InChI=1S/C23H35NO3/c1-2-3-4-5-6-13-26-22-12-11-18-15-19(9-10-20(18)16-22)21-8-7-14-27-23(25)24-17-21/h9-10,15,21-22H,2-8,11-14,16-17H2,1H3,(H,24,25)/t21-,22?/m0/s1. The predicted molar refractivity (Wildman–Crippen MR) is 108 cm³/mol. The van der Waals surface area contributed by atoms with Crippen LogP contribution in [0, 0.1) is 0 Å². The molecule has 1 saturated heterocycles. The first-order valence-electron chi connectivity index (χ1n) is 10.9. The van der Waals surface area contributed by atoms with Crippen LogP contribution in [-0.4, -0.2) is 32.0 Å². The van der Waals surface area contributed by atoms with Crippen LogP contribution in [0.15, 0.2) is 18.2 Å². The van der Waals surface area contributed by atoms with Crippen LogP contribution < -0.4 is 5.32 Å². The summed E-state index contributed by atoms with van der Waals surface area (Å²) in [6.07, 6.45) is 11.8. The van der Waals surface area contributed by atoms with Gasteiger partial charge in [-0.1, -0.05) is 50.8 Å². The van der Waals surface area contributed by atoms with Gasteiger partial charge < -0.3 is 14.8 Å². The number of cyclic esters (lactones) is 1. The maximum atomic E-state index is 11.5. The molecule has 4 nitrogen and oxygen atoms in total. The summed E-state index contributed by atoms with van der Waals surface area (Å²) >= 11 is 0. The lowest BCUT2D eigenvalue weighted by molar-refractivity contribution is 0.0417. The van der Waals surface area contributed by atoms with Crippen molar-refractivity contribution in [1.29, 1.82) is 0 Å². The van der Waals surface area contributed by atoms with E-state index in [0.717, 1.165) is 38.7 Å². The van der Waals surface area contributed by atoms with E-state index in [0.29, 0.717) is 25.2 Å². The number of nitrogens with one attached hydrogen (secondary N) is 1. The zero-order chi connectivity index (χ0) is 18.9. The number of rotatable bonds is 8. The number of unbranched alkanes of at least 4 members (excludes halogenated alkanes) is 4. The van der Waals surface area contributed by atoms with Gasteiger partial charge in [0, 0.05) is 19.1 Å². The Balaban J connectivity index is 1.49. The number of hydrogen-bond acceptors (Lipinski definition) is 3. The third-order valence-electron chi connectivity index (χ3n) is 5.91. The van der Waals surface area contributed by atoms with Gasteiger partial charge in [-0.15, -0.1) is 0 Å². The van der Waals surface area contributed by atoms with E-state index in [2.05, 4.69) is 30.4 Å². The van der Waals surface area contributed by atoms with Crippen molar-refractivity contribution < 1.29 is 14.3 Å². The lowest BCUT2D eigenvalue weighted by atomic mass is 9.85. The van der Waals surface area contributed by atoms with Crippen molar-refractivity contribution in [1.82, 2.24) is 5.32 Å². The van der Waals surface area contributed by atoms with Gasteiger partial charge in [0.25, 0.3) is 0 Å². The Labute approximate surface area is 164 Å². The van der Waals surface area contributed by atoms with Crippen molar-refractivity contribution in [3.63, 3.8) is 0 Å². The summed E-state index contributed by atoms with van der Waals surface area (Å²) in [5.41, 5.74) is 4.27. The normalized spacial score (nSPS) is 22.9. The smallest absolute Gasteiger partial charge is 0.407 e. The molecule has 3 rings (SSSR count). The molecule has 4 heteroatoms. The first-order valence-corrected chi connectivity index (χ1v) is 10.9. The zero-order valence-electron chi connectivity index (χ0n) is 16.8. The van der Waals surface area contributed by atoms with Gasteiger partial charge >= 0.3 is 6.09 Å². The van der Waals surface area contributed by atoms with Crippen molar-refractivity contribution in [2.75, 3.05) is 19.8 Å². The van der Waals surface area contributed by atoms with Crippen LogP contribution >= 0.6 is 0 Å². The van der Waals surface area contributed by atoms with Crippen LogP contribution in [0.25, 0.3) is 0 Å². The minimum absolute atomic E-state index is 0.285. The highest BCUT2D eigenvalue weighted by molar-refractivity contribution is 5.67. The lowest BCUT2D eigenvalue weighted by Crippen LogP contribution is -2.31. The van der Waals surface area contributed by atoms with Gasteiger partial charge in [0.15, 0.2) is 0 Å². The Morgan fingerprint density at radius 1 is 1.15 bits per heavy atom. The molecule has 1 amide bonds. The van der Waals surface area contributed by atoms with E-state index in [1.807, 2.05) is 0 Å². The summed E-state index contributed by atoms with van der Waals surface area (Å²) in [5, 5.41) is 2.88. The van der Waals surface area contributed by atoms with E-state index in [1.165, 1.54) is 48.8 Å². The molecule has 0 bridgehead atoms. The molecular formula is C23H35NO3. The highest BCUT2D eigenvalue weighted by Crippen LogP contribution is 2.29. The fourth-order valence-corrected chi connectivity index (χ4v) is 4.23. The number of carbonyl (C=O) groups is 1. The summed E-state index contributed by atoms with van der Waals surface area (Å²) in [6, 6.07) is 6.92. The molecule has 1 fully saturated rings. The van der Waals surface area contributed by atoms with Crippen LogP contribution in [-0.2, 0) is 22.3 Å². The fourth-order valence-electron chi connectivity index (χ4n) is 4.23. The third kappa shape index (κ3) is 6.24. The first kappa shape index (κ1) is 20.2. The number of benzene rings is 1. The Kier molecular flexibility index (Phi) is 8.00. The molecule has 1 unspecified atom stereocenters. The molecule has 0 spiro atoms. The molecule has 1 aliphatic carbocycles. The molecule has 150 valence electrons. The molecule has 0 radical (unpaired) electrons. The van der Waals surface area contributed by atoms with Gasteiger partial charge in [0.1, 0.15) is 0 Å². The fraction of sp³-hybridized carbons (Fsp3) is 0.696. The Morgan fingerprint density at radius 2 is 2.04 bits per heavy atom. The van der Waals surface area contributed by atoms with E-state index >= 15 is 0 Å². The van der Waals surface area contributed by atoms with Gasteiger partial charge in [-0.25, -0.2) is 4.79 Å². The second-order valence-corrected chi connectivity index (χ2v) is 8.03. The van der Waals surface area contributed by atoms with Crippen molar-refractivity contribution in [2.24, 2.45) is 0 Å². The van der Waals surface area contributed by atoms with E-state index < -0.39 is 0 Å². The van der Waals surface area contributed by atoms with Crippen molar-refractivity contribution in [3.05, 3.63) is 34.9 Å². The largest absolute Gasteiger partial charge is 0.450 e. The van der Waals surface area contributed by atoms with E-state index in [1.54, 1.807) is 0 Å². The van der Waals surface area contributed by atoms with E-state index in [4.69, 9.17) is 9.47 Å². The molecule has 2 atom stereocenters. The molecule has 1 aliphatic heterocycles. The molecule has 1 aromatic rings. The Bertz CT molecular complexity index is 601. The van der Waals surface area contributed by atoms with E-state index in [9.17, 15) is 4.79 Å². The lowest BCUT2D eigenvalue weighted by Gasteiger charge is -2.27. The highest BCUT2D eigenvalue weighted by Gasteiger charge is 2.22. The summed E-state index contributed by atoms with van der Waals surface area (Å²) < 4.78 is 11.2. The minimum atomic E-state index is -0.285. The van der Waals surface area contributed by atoms with Gasteiger partial charge in [-0.2, -0.15) is 0 Å². The summed E-state index contributed by atoms with van der Waals surface area (Å²) in [4.78, 5) is 11.5. The molecule has 27 heavy (non-hydrogen) atoms. The summed E-state index contributed by atoms with van der Waals surface area (Å²) in [6.45, 7) is 4.35. The number of amides is 1. The van der Waals surface area contributed by atoms with Crippen molar-refractivity contribution >= 4 is 6.09 Å². The maximum Gasteiger partial charge on any atom is 0.407 e.